The standard InChI is InChI=1S/C20H32N2O3/c1-6-8-9-10-14-22(7-2)19(24)25-17-13-11-12-16(15-17)21-18(23)20(3,4)5/h11-13,15H,6-10,14H2,1-5H3,(H,21,23). The molecule has 0 aliphatic heterocycles. The van der Waals surface area contributed by atoms with E-state index in [4.69, 9.17) is 4.74 Å². The molecule has 0 aliphatic rings. The number of benzene rings is 1. The minimum Gasteiger partial charge on any atom is -0.410 e. The van der Waals surface area contributed by atoms with Crippen LogP contribution in [0.5, 0.6) is 5.75 Å². The Kier molecular flexibility index (Phi) is 8.46. The van der Waals surface area contributed by atoms with Crippen molar-refractivity contribution in [3.05, 3.63) is 24.3 Å². The average Bonchev–Trinajstić information content (AvgIpc) is 2.54. The van der Waals surface area contributed by atoms with Gasteiger partial charge in [0.15, 0.2) is 0 Å². The van der Waals surface area contributed by atoms with Crippen LogP contribution in [0.2, 0.25) is 0 Å². The fourth-order valence-electron chi connectivity index (χ4n) is 2.23. The van der Waals surface area contributed by atoms with Gasteiger partial charge in [-0.2, -0.15) is 0 Å². The molecule has 0 bridgehead atoms. The zero-order valence-corrected chi connectivity index (χ0v) is 16.2. The number of nitrogens with zero attached hydrogens (tertiary/aromatic N) is 1. The lowest BCUT2D eigenvalue weighted by Gasteiger charge is -2.21. The number of hydrogen-bond acceptors (Lipinski definition) is 3. The average molecular weight is 348 g/mol. The summed E-state index contributed by atoms with van der Waals surface area (Å²) in [6, 6.07) is 6.93. The Morgan fingerprint density at radius 1 is 1.12 bits per heavy atom. The fraction of sp³-hybridized carbons (Fsp3) is 0.600. The molecular formula is C20H32N2O3. The first-order chi connectivity index (χ1) is 11.8. The summed E-state index contributed by atoms with van der Waals surface area (Å²) in [6.07, 6.45) is 4.11. The van der Waals surface area contributed by atoms with Gasteiger partial charge in [0.05, 0.1) is 0 Å². The van der Waals surface area contributed by atoms with Crippen LogP contribution in [-0.2, 0) is 4.79 Å². The van der Waals surface area contributed by atoms with Gasteiger partial charge < -0.3 is 15.0 Å². The minimum absolute atomic E-state index is 0.0814. The SMILES string of the molecule is CCCCCCN(CC)C(=O)Oc1cccc(NC(=O)C(C)(C)C)c1. The first-order valence-corrected chi connectivity index (χ1v) is 9.16. The Balaban J connectivity index is 2.64. The molecule has 0 spiro atoms. The van der Waals surface area contributed by atoms with Crippen molar-refractivity contribution in [3.63, 3.8) is 0 Å². The molecule has 0 saturated carbocycles. The molecule has 0 radical (unpaired) electrons. The fourth-order valence-corrected chi connectivity index (χ4v) is 2.23. The third kappa shape index (κ3) is 7.59. The molecule has 5 heteroatoms. The van der Waals surface area contributed by atoms with Crippen LogP contribution in [-0.4, -0.2) is 30.0 Å². The van der Waals surface area contributed by atoms with Gasteiger partial charge in [-0.15, -0.1) is 0 Å². The number of ether oxygens (including phenoxy) is 1. The number of rotatable bonds is 8. The Morgan fingerprint density at radius 2 is 1.84 bits per heavy atom. The van der Waals surface area contributed by atoms with Crippen LogP contribution in [0.1, 0.15) is 60.3 Å². The van der Waals surface area contributed by atoms with Crippen LogP contribution < -0.4 is 10.1 Å². The van der Waals surface area contributed by atoms with Gasteiger partial charge in [-0.05, 0) is 25.5 Å². The normalized spacial score (nSPS) is 11.1. The number of anilines is 1. The summed E-state index contributed by atoms with van der Waals surface area (Å²) >= 11 is 0. The molecule has 5 nitrogen and oxygen atoms in total. The zero-order chi connectivity index (χ0) is 18.9. The molecule has 1 N–H and O–H groups in total. The summed E-state index contributed by atoms with van der Waals surface area (Å²) in [5.41, 5.74) is 0.140. The van der Waals surface area contributed by atoms with Crippen molar-refractivity contribution < 1.29 is 14.3 Å². The highest BCUT2D eigenvalue weighted by atomic mass is 16.6. The van der Waals surface area contributed by atoms with Gasteiger partial charge in [0.25, 0.3) is 0 Å². The Morgan fingerprint density at radius 3 is 2.44 bits per heavy atom. The Labute approximate surface area is 151 Å². The summed E-state index contributed by atoms with van der Waals surface area (Å²) in [7, 11) is 0. The third-order valence-corrected chi connectivity index (χ3v) is 3.90. The first kappa shape index (κ1) is 21.0. The molecule has 0 fully saturated rings. The molecule has 0 saturated heterocycles. The van der Waals surface area contributed by atoms with E-state index in [1.807, 2.05) is 27.7 Å². The molecule has 1 aromatic carbocycles. The van der Waals surface area contributed by atoms with E-state index in [1.54, 1.807) is 29.2 Å². The maximum absolute atomic E-state index is 12.3. The van der Waals surface area contributed by atoms with E-state index in [2.05, 4.69) is 12.2 Å². The van der Waals surface area contributed by atoms with Crippen molar-refractivity contribution in [1.29, 1.82) is 0 Å². The monoisotopic (exact) mass is 348 g/mol. The van der Waals surface area contributed by atoms with E-state index < -0.39 is 5.41 Å². The van der Waals surface area contributed by atoms with E-state index in [0.29, 0.717) is 24.5 Å². The highest BCUT2D eigenvalue weighted by Crippen LogP contribution is 2.21. The molecule has 0 unspecified atom stereocenters. The molecule has 140 valence electrons. The summed E-state index contributed by atoms with van der Waals surface area (Å²) in [5, 5.41) is 2.84. The smallest absolute Gasteiger partial charge is 0.410 e. The van der Waals surface area contributed by atoms with E-state index in [1.165, 1.54) is 12.8 Å². The lowest BCUT2D eigenvalue weighted by atomic mass is 9.95. The van der Waals surface area contributed by atoms with Crippen molar-refractivity contribution in [2.24, 2.45) is 5.41 Å². The van der Waals surface area contributed by atoms with E-state index in [-0.39, 0.29) is 12.0 Å². The van der Waals surface area contributed by atoms with Crippen molar-refractivity contribution >= 4 is 17.7 Å². The predicted molar refractivity (Wildman–Crippen MR) is 102 cm³/mol. The second-order valence-corrected chi connectivity index (χ2v) is 7.24. The van der Waals surface area contributed by atoms with Gasteiger partial charge in [-0.1, -0.05) is 53.0 Å². The molecule has 0 heterocycles. The van der Waals surface area contributed by atoms with Crippen LogP contribution in [0.15, 0.2) is 24.3 Å². The van der Waals surface area contributed by atoms with Gasteiger partial charge in [0, 0.05) is 30.3 Å². The topological polar surface area (TPSA) is 58.6 Å². The van der Waals surface area contributed by atoms with E-state index >= 15 is 0 Å². The van der Waals surface area contributed by atoms with Crippen LogP contribution in [0.4, 0.5) is 10.5 Å². The van der Waals surface area contributed by atoms with Gasteiger partial charge in [0.1, 0.15) is 5.75 Å². The lowest BCUT2D eigenvalue weighted by molar-refractivity contribution is -0.123. The predicted octanol–water partition coefficient (Wildman–Crippen LogP) is 5.07. The highest BCUT2D eigenvalue weighted by Gasteiger charge is 2.21. The summed E-state index contributed by atoms with van der Waals surface area (Å²) in [4.78, 5) is 26.1. The number of carbonyl (C=O) groups is 2. The first-order valence-electron chi connectivity index (χ1n) is 9.16. The highest BCUT2D eigenvalue weighted by molar-refractivity contribution is 5.94. The number of unbranched alkanes of at least 4 members (excludes halogenated alkanes) is 3. The molecule has 1 aromatic rings. The minimum atomic E-state index is -0.482. The molecule has 2 amide bonds. The molecule has 1 rings (SSSR count). The quantitative estimate of drug-likeness (QED) is 0.667. The van der Waals surface area contributed by atoms with Crippen LogP contribution >= 0.6 is 0 Å². The number of carbonyl (C=O) groups excluding carboxylic acids is 2. The lowest BCUT2D eigenvalue weighted by Crippen LogP contribution is -2.34. The van der Waals surface area contributed by atoms with Crippen LogP contribution in [0.3, 0.4) is 0 Å². The summed E-state index contributed by atoms with van der Waals surface area (Å²) in [6.45, 7) is 11.0. The number of hydrogen-bond donors (Lipinski definition) is 1. The van der Waals surface area contributed by atoms with Crippen molar-refractivity contribution in [2.75, 3.05) is 18.4 Å². The van der Waals surface area contributed by atoms with Crippen molar-refractivity contribution in [1.82, 2.24) is 4.90 Å². The van der Waals surface area contributed by atoms with Crippen molar-refractivity contribution in [3.8, 4) is 5.75 Å². The van der Waals surface area contributed by atoms with Gasteiger partial charge in [0.2, 0.25) is 5.91 Å². The second kappa shape index (κ2) is 10.1. The third-order valence-electron chi connectivity index (χ3n) is 3.90. The largest absolute Gasteiger partial charge is 0.415 e. The number of nitrogens with one attached hydrogen (secondary N) is 1. The molecule has 0 aliphatic carbocycles. The molecule has 25 heavy (non-hydrogen) atoms. The van der Waals surface area contributed by atoms with E-state index in [0.717, 1.165) is 12.8 Å². The maximum atomic E-state index is 12.3. The van der Waals surface area contributed by atoms with Crippen LogP contribution in [0, 0.1) is 5.41 Å². The molecule has 0 atom stereocenters. The van der Waals surface area contributed by atoms with Gasteiger partial charge >= 0.3 is 6.09 Å². The summed E-state index contributed by atoms with van der Waals surface area (Å²) < 4.78 is 5.47. The van der Waals surface area contributed by atoms with Gasteiger partial charge in [-0.25, -0.2) is 4.79 Å². The summed E-state index contributed by atoms with van der Waals surface area (Å²) in [5.74, 6) is 0.353. The zero-order valence-electron chi connectivity index (χ0n) is 16.2. The molecular weight excluding hydrogens is 316 g/mol. The number of amides is 2. The Bertz CT molecular complexity index is 564. The van der Waals surface area contributed by atoms with Crippen molar-refractivity contribution in [2.45, 2.75) is 60.3 Å². The van der Waals surface area contributed by atoms with Gasteiger partial charge in [-0.3, -0.25) is 4.79 Å². The Hall–Kier alpha value is -2.04. The maximum Gasteiger partial charge on any atom is 0.415 e. The van der Waals surface area contributed by atoms with Crippen LogP contribution in [0.25, 0.3) is 0 Å². The van der Waals surface area contributed by atoms with E-state index in [9.17, 15) is 9.59 Å². The second-order valence-electron chi connectivity index (χ2n) is 7.24. The molecule has 0 aromatic heterocycles.